The number of hydrogen-bond acceptors (Lipinski definition) is 4. The van der Waals surface area contributed by atoms with Crippen molar-refractivity contribution in [3.8, 4) is 0 Å². The molecule has 2 atom stereocenters. The summed E-state index contributed by atoms with van der Waals surface area (Å²) in [6, 6.07) is 8.21. The summed E-state index contributed by atoms with van der Waals surface area (Å²) in [6.07, 6.45) is 2.77. The Morgan fingerprint density at radius 2 is 1.74 bits per heavy atom. The average molecular weight is 374 g/mol. The van der Waals surface area contributed by atoms with E-state index in [1.807, 2.05) is 17.0 Å². The Labute approximate surface area is 164 Å². The topological polar surface area (TPSA) is 44.8 Å². The standard InChI is InChI=1S/C22H35N3O2/c1-4-23-13-19-9-11-25(12-10-19)22(26)21-7-5-20(6-8-21)16-24-14-17(2)27-18(3)15-24/h5-8,17-19,23H,4,9-16H2,1-3H3. The first-order valence-corrected chi connectivity index (χ1v) is 10.5. The van der Waals surface area contributed by atoms with Gasteiger partial charge in [-0.15, -0.1) is 0 Å². The number of benzene rings is 1. The lowest BCUT2D eigenvalue weighted by Crippen LogP contribution is -2.44. The lowest BCUT2D eigenvalue weighted by atomic mass is 9.96. The minimum absolute atomic E-state index is 0.178. The van der Waals surface area contributed by atoms with E-state index in [0.717, 1.165) is 64.2 Å². The molecule has 0 saturated carbocycles. The molecule has 2 unspecified atom stereocenters. The highest BCUT2D eigenvalue weighted by Crippen LogP contribution is 2.19. The van der Waals surface area contributed by atoms with E-state index >= 15 is 0 Å². The number of rotatable bonds is 6. The largest absolute Gasteiger partial charge is 0.373 e. The summed E-state index contributed by atoms with van der Waals surface area (Å²) in [4.78, 5) is 17.2. The van der Waals surface area contributed by atoms with Gasteiger partial charge in [0.15, 0.2) is 0 Å². The maximum atomic E-state index is 12.8. The summed E-state index contributed by atoms with van der Waals surface area (Å²) in [5.41, 5.74) is 2.07. The lowest BCUT2D eigenvalue weighted by Gasteiger charge is -2.35. The van der Waals surface area contributed by atoms with Crippen LogP contribution in [0.4, 0.5) is 0 Å². The number of piperidine rings is 1. The summed E-state index contributed by atoms with van der Waals surface area (Å²) in [7, 11) is 0. The Kier molecular flexibility index (Phi) is 7.27. The first-order valence-electron chi connectivity index (χ1n) is 10.5. The van der Waals surface area contributed by atoms with Gasteiger partial charge < -0.3 is 15.0 Å². The van der Waals surface area contributed by atoms with Crippen LogP contribution in [-0.4, -0.2) is 67.2 Å². The van der Waals surface area contributed by atoms with Crippen LogP contribution in [0.25, 0.3) is 0 Å². The Hall–Kier alpha value is -1.43. The van der Waals surface area contributed by atoms with E-state index in [9.17, 15) is 4.79 Å². The fourth-order valence-electron chi connectivity index (χ4n) is 4.30. The van der Waals surface area contributed by atoms with Crippen molar-refractivity contribution in [1.29, 1.82) is 0 Å². The molecule has 1 amide bonds. The molecule has 27 heavy (non-hydrogen) atoms. The van der Waals surface area contributed by atoms with E-state index in [2.05, 4.69) is 43.1 Å². The third-order valence-electron chi connectivity index (χ3n) is 5.69. The van der Waals surface area contributed by atoms with Crippen molar-refractivity contribution in [2.75, 3.05) is 39.3 Å². The number of morpholine rings is 1. The van der Waals surface area contributed by atoms with Crippen molar-refractivity contribution in [2.24, 2.45) is 5.92 Å². The average Bonchev–Trinajstić information content (AvgIpc) is 2.66. The Morgan fingerprint density at radius 1 is 1.11 bits per heavy atom. The molecule has 1 N–H and O–H groups in total. The first kappa shape index (κ1) is 20.3. The highest BCUT2D eigenvalue weighted by atomic mass is 16.5. The predicted molar refractivity (Wildman–Crippen MR) is 109 cm³/mol. The number of ether oxygens (including phenoxy) is 1. The van der Waals surface area contributed by atoms with Gasteiger partial charge in [0.05, 0.1) is 12.2 Å². The van der Waals surface area contributed by atoms with Crippen LogP contribution in [0, 0.1) is 5.92 Å². The predicted octanol–water partition coefficient (Wildman–Crippen LogP) is 2.76. The highest BCUT2D eigenvalue weighted by molar-refractivity contribution is 5.94. The van der Waals surface area contributed by atoms with Crippen molar-refractivity contribution in [3.63, 3.8) is 0 Å². The Morgan fingerprint density at radius 3 is 2.33 bits per heavy atom. The number of amides is 1. The second-order valence-corrected chi connectivity index (χ2v) is 8.19. The molecule has 2 aliphatic rings. The van der Waals surface area contributed by atoms with Gasteiger partial charge >= 0.3 is 0 Å². The van der Waals surface area contributed by atoms with Crippen LogP contribution in [0.5, 0.6) is 0 Å². The number of nitrogens with one attached hydrogen (secondary N) is 1. The smallest absolute Gasteiger partial charge is 0.253 e. The van der Waals surface area contributed by atoms with Gasteiger partial charge in [-0.1, -0.05) is 19.1 Å². The molecular weight excluding hydrogens is 338 g/mol. The SMILES string of the molecule is CCNCC1CCN(C(=O)c2ccc(CN3CC(C)OC(C)C3)cc2)CC1. The molecule has 2 aliphatic heterocycles. The normalized spacial score (nSPS) is 24.9. The molecule has 3 rings (SSSR count). The number of carbonyl (C=O) groups is 1. The van der Waals surface area contributed by atoms with Crippen molar-refractivity contribution in [2.45, 2.75) is 52.4 Å². The van der Waals surface area contributed by atoms with E-state index in [0.29, 0.717) is 5.92 Å². The molecule has 0 bridgehead atoms. The van der Waals surface area contributed by atoms with Gasteiger partial charge in [0.25, 0.3) is 5.91 Å². The van der Waals surface area contributed by atoms with Crippen LogP contribution in [0.15, 0.2) is 24.3 Å². The minimum atomic E-state index is 0.178. The fraction of sp³-hybridized carbons (Fsp3) is 0.682. The molecule has 2 heterocycles. The molecule has 0 radical (unpaired) electrons. The zero-order chi connectivity index (χ0) is 19.2. The third kappa shape index (κ3) is 5.77. The quantitative estimate of drug-likeness (QED) is 0.833. The molecule has 1 aromatic rings. The van der Waals surface area contributed by atoms with Crippen LogP contribution in [0.2, 0.25) is 0 Å². The number of carbonyl (C=O) groups excluding carboxylic acids is 1. The van der Waals surface area contributed by atoms with Crippen LogP contribution in [0.3, 0.4) is 0 Å². The monoisotopic (exact) mass is 373 g/mol. The van der Waals surface area contributed by atoms with Crippen LogP contribution < -0.4 is 5.32 Å². The zero-order valence-electron chi connectivity index (χ0n) is 17.1. The molecule has 0 spiro atoms. The van der Waals surface area contributed by atoms with E-state index in [1.54, 1.807) is 0 Å². The number of hydrogen-bond donors (Lipinski definition) is 1. The maximum absolute atomic E-state index is 12.8. The van der Waals surface area contributed by atoms with Crippen LogP contribution >= 0.6 is 0 Å². The van der Waals surface area contributed by atoms with Crippen LogP contribution in [-0.2, 0) is 11.3 Å². The van der Waals surface area contributed by atoms with Gasteiger partial charge in [0.1, 0.15) is 0 Å². The second kappa shape index (κ2) is 9.67. The third-order valence-corrected chi connectivity index (χ3v) is 5.69. The second-order valence-electron chi connectivity index (χ2n) is 8.19. The van der Waals surface area contributed by atoms with Crippen LogP contribution in [0.1, 0.15) is 49.5 Å². The van der Waals surface area contributed by atoms with Crippen molar-refractivity contribution in [3.05, 3.63) is 35.4 Å². The summed E-state index contributed by atoms with van der Waals surface area (Å²) in [5.74, 6) is 0.881. The van der Waals surface area contributed by atoms with Gasteiger partial charge in [0, 0.05) is 38.3 Å². The van der Waals surface area contributed by atoms with Gasteiger partial charge in [-0.05, 0) is 63.4 Å². The molecular formula is C22H35N3O2. The van der Waals surface area contributed by atoms with E-state index in [4.69, 9.17) is 4.74 Å². The molecule has 2 saturated heterocycles. The maximum Gasteiger partial charge on any atom is 0.253 e. The lowest BCUT2D eigenvalue weighted by molar-refractivity contribution is -0.0704. The van der Waals surface area contributed by atoms with E-state index in [1.165, 1.54) is 5.56 Å². The minimum Gasteiger partial charge on any atom is -0.373 e. The summed E-state index contributed by atoms with van der Waals surface area (Å²) < 4.78 is 5.81. The zero-order valence-corrected chi connectivity index (χ0v) is 17.1. The molecule has 2 fully saturated rings. The van der Waals surface area contributed by atoms with E-state index in [-0.39, 0.29) is 18.1 Å². The van der Waals surface area contributed by atoms with Gasteiger partial charge in [0.2, 0.25) is 0 Å². The number of likely N-dealkylation sites (tertiary alicyclic amines) is 1. The molecule has 0 aromatic heterocycles. The van der Waals surface area contributed by atoms with Gasteiger partial charge in [-0.3, -0.25) is 9.69 Å². The van der Waals surface area contributed by atoms with Gasteiger partial charge in [-0.2, -0.15) is 0 Å². The van der Waals surface area contributed by atoms with Crippen molar-refractivity contribution >= 4 is 5.91 Å². The molecule has 1 aromatic carbocycles. The van der Waals surface area contributed by atoms with Gasteiger partial charge in [-0.25, -0.2) is 0 Å². The Bertz CT molecular complexity index is 586. The summed E-state index contributed by atoms with van der Waals surface area (Å²) in [6.45, 7) is 13.1. The summed E-state index contributed by atoms with van der Waals surface area (Å²) >= 11 is 0. The molecule has 5 nitrogen and oxygen atoms in total. The molecule has 0 aliphatic carbocycles. The Balaban J connectivity index is 1.50. The van der Waals surface area contributed by atoms with Crippen molar-refractivity contribution < 1.29 is 9.53 Å². The molecule has 150 valence electrons. The summed E-state index contributed by atoms with van der Waals surface area (Å²) in [5, 5.41) is 3.42. The fourth-order valence-corrected chi connectivity index (χ4v) is 4.30. The van der Waals surface area contributed by atoms with E-state index < -0.39 is 0 Å². The highest BCUT2D eigenvalue weighted by Gasteiger charge is 2.24. The molecule has 5 heteroatoms. The first-order chi connectivity index (χ1) is 13.0. The van der Waals surface area contributed by atoms with Crippen molar-refractivity contribution in [1.82, 2.24) is 15.1 Å². The number of nitrogens with zero attached hydrogens (tertiary/aromatic N) is 2.